The molecule has 0 saturated carbocycles. The van der Waals surface area contributed by atoms with Gasteiger partial charge in [-0.3, -0.25) is 0 Å². The van der Waals surface area contributed by atoms with Crippen molar-refractivity contribution in [1.82, 2.24) is 0 Å². The summed E-state index contributed by atoms with van der Waals surface area (Å²) in [5, 5.41) is 8.69. The summed E-state index contributed by atoms with van der Waals surface area (Å²) in [5.74, 6) is -0.135. The number of ether oxygens (including phenoxy) is 3. The van der Waals surface area contributed by atoms with E-state index in [9.17, 15) is 9.59 Å². The molecular weight excluding hydrogens is 380 g/mol. The van der Waals surface area contributed by atoms with Gasteiger partial charge >= 0.3 is 12.1 Å². The molecule has 0 aliphatic carbocycles. The maximum atomic E-state index is 11.3. The average molecular weight is 410 g/mol. The molecule has 0 amide bonds. The predicted octanol–water partition coefficient (Wildman–Crippen LogP) is 4.15. The van der Waals surface area contributed by atoms with E-state index in [0.717, 1.165) is 5.56 Å². The zero-order valence-electron chi connectivity index (χ0n) is 17.6. The molecule has 162 valence electrons. The van der Waals surface area contributed by atoms with Crippen molar-refractivity contribution in [2.75, 3.05) is 19.8 Å². The van der Waals surface area contributed by atoms with Crippen LogP contribution in [0.25, 0.3) is 0 Å². The lowest BCUT2D eigenvalue weighted by Crippen LogP contribution is -2.31. The van der Waals surface area contributed by atoms with Gasteiger partial charge < -0.3 is 19.3 Å². The molecular formula is C21H30O8. The average Bonchev–Trinajstić information content (AvgIpc) is 2.66. The minimum Gasteiger partial charge on any atom is -0.460 e. The normalized spacial score (nSPS) is 12.5. The van der Waals surface area contributed by atoms with Crippen LogP contribution < -0.4 is 0 Å². The number of hydrogen-bond acceptors (Lipinski definition) is 7. The van der Waals surface area contributed by atoms with Crippen molar-refractivity contribution in [3.8, 4) is 0 Å². The first-order valence-electron chi connectivity index (χ1n) is 9.27. The van der Waals surface area contributed by atoms with Gasteiger partial charge in [-0.05, 0) is 37.8 Å². The molecule has 1 N–H and O–H groups in total. The SMILES string of the molecule is C=C(C)C(=O)OCCOC(COC(=O)O)OOC(C)(C)c1ccc(C(C)C)cc1. The van der Waals surface area contributed by atoms with Crippen LogP contribution in [-0.2, 0) is 34.4 Å². The molecule has 0 radical (unpaired) electrons. The smallest absolute Gasteiger partial charge is 0.460 e. The number of carboxylic acid groups (broad SMARTS) is 1. The molecule has 1 aromatic carbocycles. The minimum atomic E-state index is -1.47. The monoisotopic (exact) mass is 410 g/mol. The third-order valence-corrected chi connectivity index (χ3v) is 3.95. The van der Waals surface area contributed by atoms with Crippen molar-refractivity contribution in [2.24, 2.45) is 0 Å². The summed E-state index contributed by atoms with van der Waals surface area (Å²) in [4.78, 5) is 32.8. The number of benzene rings is 1. The van der Waals surface area contributed by atoms with Gasteiger partial charge in [0.25, 0.3) is 0 Å². The van der Waals surface area contributed by atoms with E-state index in [-0.39, 0.29) is 18.8 Å². The summed E-state index contributed by atoms with van der Waals surface area (Å²) in [7, 11) is 0. The summed E-state index contributed by atoms with van der Waals surface area (Å²) in [6.45, 7) is 12.3. The molecule has 0 spiro atoms. The number of rotatable bonds is 12. The van der Waals surface area contributed by atoms with E-state index in [1.165, 1.54) is 12.5 Å². The van der Waals surface area contributed by atoms with Crippen LogP contribution in [0.4, 0.5) is 4.79 Å². The van der Waals surface area contributed by atoms with Crippen molar-refractivity contribution in [1.29, 1.82) is 0 Å². The molecule has 0 aromatic heterocycles. The van der Waals surface area contributed by atoms with Crippen LogP contribution in [-0.4, -0.2) is 43.3 Å². The van der Waals surface area contributed by atoms with Gasteiger partial charge in [0, 0.05) is 5.57 Å². The Morgan fingerprint density at radius 2 is 1.72 bits per heavy atom. The van der Waals surface area contributed by atoms with Gasteiger partial charge in [-0.1, -0.05) is 44.7 Å². The minimum absolute atomic E-state index is 0.0421. The first-order chi connectivity index (χ1) is 13.5. The van der Waals surface area contributed by atoms with Crippen LogP contribution in [0.5, 0.6) is 0 Å². The van der Waals surface area contributed by atoms with Crippen molar-refractivity contribution < 1.29 is 38.7 Å². The Labute approximate surface area is 171 Å². The molecule has 0 aliphatic heterocycles. The summed E-state index contributed by atoms with van der Waals surface area (Å²) >= 11 is 0. The zero-order chi connectivity index (χ0) is 22.0. The largest absolute Gasteiger partial charge is 0.505 e. The Balaban J connectivity index is 2.63. The lowest BCUT2D eigenvalue weighted by molar-refractivity contribution is -0.427. The van der Waals surface area contributed by atoms with E-state index >= 15 is 0 Å². The van der Waals surface area contributed by atoms with Crippen LogP contribution in [0, 0.1) is 0 Å². The van der Waals surface area contributed by atoms with E-state index in [1.807, 2.05) is 24.3 Å². The third kappa shape index (κ3) is 9.08. The highest BCUT2D eigenvalue weighted by atomic mass is 17.2. The van der Waals surface area contributed by atoms with E-state index in [2.05, 4.69) is 25.2 Å². The summed E-state index contributed by atoms with van der Waals surface area (Å²) in [6.07, 6.45) is -2.61. The van der Waals surface area contributed by atoms with E-state index in [4.69, 9.17) is 24.4 Å². The fourth-order valence-corrected chi connectivity index (χ4v) is 2.17. The fraction of sp³-hybridized carbons (Fsp3) is 0.524. The van der Waals surface area contributed by atoms with Crippen LogP contribution in [0.1, 0.15) is 51.7 Å². The maximum Gasteiger partial charge on any atom is 0.505 e. The van der Waals surface area contributed by atoms with Crippen LogP contribution >= 0.6 is 0 Å². The Morgan fingerprint density at radius 3 is 2.24 bits per heavy atom. The highest BCUT2D eigenvalue weighted by Gasteiger charge is 2.26. The maximum absolute atomic E-state index is 11.3. The van der Waals surface area contributed by atoms with Crippen LogP contribution in [0.15, 0.2) is 36.4 Å². The van der Waals surface area contributed by atoms with Crippen molar-refractivity contribution in [3.05, 3.63) is 47.5 Å². The quantitative estimate of drug-likeness (QED) is 0.137. The molecule has 1 rings (SSSR count). The molecule has 1 atom stereocenters. The van der Waals surface area contributed by atoms with Gasteiger partial charge in [-0.2, -0.15) is 4.89 Å². The van der Waals surface area contributed by atoms with E-state index in [0.29, 0.717) is 5.92 Å². The molecule has 0 fully saturated rings. The highest BCUT2D eigenvalue weighted by Crippen LogP contribution is 2.27. The van der Waals surface area contributed by atoms with Crippen molar-refractivity contribution >= 4 is 12.1 Å². The topological polar surface area (TPSA) is 101 Å². The molecule has 1 unspecified atom stereocenters. The lowest BCUT2D eigenvalue weighted by Gasteiger charge is -2.27. The van der Waals surface area contributed by atoms with Crippen LogP contribution in [0.2, 0.25) is 0 Å². The Hall–Kier alpha value is -2.42. The fourth-order valence-electron chi connectivity index (χ4n) is 2.17. The summed E-state index contributed by atoms with van der Waals surface area (Å²) < 4.78 is 14.8. The predicted molar refractivity (Wildman–Crippen MR) is 105 cm³/mol. The summed E-state index contributed by atoms with van der Waals surface area (Å²) in [5.41, 5.74) is 1.51. The molecule has 29 heavy (non-hydrogen) atoms. The van der Waals surface area contributed by atoms with Gasteiger partial charge in [0.05, 0.1) is 6.61 Å². The standard InChI is InChI=1S/C21H30O8/c1-14(2)16-7-9-17(10-8-16)21(5,6)29-28-18(13-27-20(23)24)25-11-12-26-19(22)15(3)4/h7-10,14,18H,3,11-13H2,1-2,4-6H3,(H,23,24). The number of carbonyl (C=O) groups excluding carboxylic acids is 1. The van der Waals surface area contributed by atoms with E-state index in [1.54, 1.807) is 13.8 Å². The van der Waals surface area contributed by atoms with Gasteiger partial charge in [0.2, 0.25) is 6.29 Å². The van der Waals surface area contributed by atoms with E-state index < -0.39 is 30.6 Å². The Morgan fingerprint density at radius 1 is 1.10 bits per heavy atom. The van der Waals surface area contributed by atoms with Crippen LogP contribution in [0.3, 0.4) is 0 Å². The zero-order valence-corrected chi connectivity index (χ0v) is 17.6. The second-order valence-corrected chi connectivity index (χ2v) is 7.26. The van der Waals surface area contributed by atoms with Gasteiger partial charge in [0.1, 0.15) is 18.8 Å². The molecule has 0 aliphatic rings. The number of hydrogen-bond donors (Lipinski definition) is 1. The number of carbonyl (C=O) groups is 2. The number of esters is 1. The van der Waals surface area contributed by atoms with Gasteiger partial charge in [-0.15, -0.1) is 0 Å². The second kappa shape index (κ2) is 11.5. The summed E-state index contributed by atoms with van der Waals surface area (Å²) in [6, 6.07) is 7.92. The molecule has 0 heterocycles. The molecule has 8 heteroatoms. The lowest BCUT2D eigenvalue weighted by atomic mass is 9.94. The molecule has 0 bridgehead atoms. The van der Waals surface area contributed by atoms with Gasteiger partial charge in [0.15, 0.2) is 0 Å². The highest BCUT2D eigenvalue weighted by molar-refractivity contribution is 5.86. The molecule has 0 saturated heterocycles. The Bertz CT molecular complexity index is 678. The first kappa shape index (κ1) is 24.6. The van der Waals surface area contributed by atoms with Gasteiger partial charge in [-0.25, -0.2) is 14.5 Å². The third-order valence-electron chi connectivity index (χ3n) is 3.95. The van der Waals surface area contributed by atoms with Crippen molar-refractivity contribution in [2.45, 2.75) is 52.4 Å². The Kier molecular flexibility index (Phi) is 9.80. The molecule has 1 aromatic rings. The first-order valence-corrected chi connectivity index (χ1v) is 9.27. The molecule has 8 nitrogen and oxygen atoms in total. The van der Waals surface area contributed by atoms with Crippen molar-refractivity contribution in [3.63, 3.8) is 0 Å². The second-order valence-electron chi connectivity index (χ2n) is 7.26.